The predicted octanol–water partition coefficient (Wildman–Crippen LogP) is 1.44. The molecule has 1 aromatic carbocycles. The van der Waals surface area contributed by atoms with Gasteiger partial charge in [-0.2, -0.15) is 0 Å². The highest BCUT2D eigenvalue weighted by molar-refractivity contribution is 5.91. The molecule has 1 saturated heterocycles. The molecule has 1 heterocycles. The highest BCUT2D eigenvalue weighted by Crippen LogP contribution is 2.29. The van der Waals surface area contributed by atoms with Crippen molar-refractivity contribution in [3.05, 3.63) is 18.2 Å². The molecule has 1 aromatic rings. The summed E-state index contributed by atoms with van der Waals surface area (Å²) in [5.41, 5.74) is 0.677. The molecule has 1 aliphatic rings. The maximum atomic E-state index is 11.9. The largest absolute Gasteiger partial charge is 0.493 e. The number of ether oxygens (including phenoxy) is 3. The minimum Gasteiger partial charge on any atom is -0.493 e. The van der Waals surface area contributed by atoms with Crippen LogP contribution in [0.15, 0.2) is 18.2 Å². The third-order valence-electron chi connectivity index (χ3n) is 3.08. The van der Waals surface area contributed by atoms with Crippen LogP contribution in [0.3, 0.4) is 0 Å². The predicted molar refractivity (Wildman–Crippen MR) is 82.7 cm³/mol. The minimum absolute atomic E-state index is 0. The summed E-state index contributed by atoms with van der Waals surface area (Å²) in [6.45, 7) is 2.20. The summed E-state index contributed by atoms with van der Waals surface area (Å²) in [5, 5.41) is 6.03. The van der Waals surface area contributed by atoms with Crippen molar-refractivity contribution in [2.24, 2.45) is 0 Å². The van der Waals surface area contributed by atoms with Crippen molar-refractivity contribution >= 4 is 24.0 Å². The third kappa shape index (κ3) is 5.08. The first kappa shape index (κ1) is 17.6. The summed E-state index contributed by atoms with van der Waals surface area (Å²) in [6.07, 6.45) is 0.269. The lowest BCUT2D eigenvalue weighted by molar-refractivity contribution is -0.119. The van der Waals surface area contributed by atoms with Crippen LogP contribution in [0, 0.1) is 0 Å². The van der Waals surface area contributed by atoms with Crippen LogP contribution in [0.25, 0.3) is 0 Å². The molecule has 21 heavy (non-hydrogen) atoms. The van der Waals surface area contributed by atoms with Gasteiger partial charge in [-0.3, -0.25) is 4.79 Å². The van der Waals surface area contributed by atoms with Crippen molar-refractivity contribution in [2.75, 3.05) is 39.2 Å². The number of nitrogens with one attached hydrogen (secondary N) is 2. The van der Waals surface area contributed by atoms with Crippen LogP contribution in [0.4, 0.5) is 5.69 Å². The highest BCUT2D eigenvalue weighted by atomic mass is 35.5. The molecule has 1 unspecified atom stereocenters. The lowest BCUT2D eigenvalue weighted by atomic mass is 10.2. The Labute approximate surface area is 130 Å². The molecular weight excluding hydrogens is 296 g/mol. The molecule has 1 fully saturated rings. The van der Waals surface area contributed by atoms with Gasteiger partial charge in [0, 0.05) is 24.8 Å². The number of rotatable bonds is 5. The molecule has 0 aromatic heterocycles. The van der Waals surface area contributed by atoms with E-state index in [9.17, 15) is 4.79 Å². The summed E-state index contributed by atoms with van der Waals surface area (Å²) < 4.78 is 15.8. The normalized spacial score (nSPS) is 17.5. The fourth-order valence-electron chi connectivity index (χ4n) is 2.08. The number of carbonyl (C=O) groups is 1. The van der Waals surface area contributed by atoms with E-state index < -0.39 is 0 Å². The molecular formula is C14H21ClN2O4. The molecule has 0 spiro atoms. The Kier molecular flexibility index (Phi) is 7.28. The van der Waals surface area contributed by atoms with Gasteiger partial charge in [0.05, 0.1) is 33.4 Å². The number of morpholine rings is 1. The van der Waals surface area contributed by atoms with Gasteiger partial charge in [0.2, 0.25) is 5.91 Å². The van der Waals surface area contributed by atoms with Crippen molar-refractivity contribution in [3.63, 3.8) is 0 Å². The molecule has 0 bridgehead atoms. The summed E-state index contributed by atoms with van der Waals surface area (Å²) in [4.78, 5) is 11.9. The molecule has 118 valence electrons. The van der Waals surface area contributed by atoms with Gasteiger partial charge in [-0.1, -0.05) is 0 Å². The van der Waals surface area contributed by atoms with Crippen molar-refractivity contribution in [1.29, 1.82) is 0 Å². The first-order chi connectivity index (χ1) is 9.72. The van der Waals surface area contributed by atoms with E-state index in [4.69, 9.17) is 14.2 Å². The van der Waals surface area contributed by atoms with Crippen LogP contribution >= 0.6 is 12.4 Å². The molecule has 0 radical (unpaired) electrons. The van der Waals surface area contributed by atoms with Crippen LogP contribution in [-0.2, 0) is 9.53 Å². The van der Waals surface area contributed by atoms with Gasteiger partial charge in [-0.05, 0) is 12.1 Å². The van der Waals surface area contributed by atoms with Gasteiger partial charge in [-0.25, -0.2) is 0 Å². The van der Waals surface area contributed by atoms with Gasteiger partial charge >= 0.3 is 0 Å². The van der Waals surface area contributed by atoms with Gasteiger partial charge < -0.3 is 24.8 Å². The second-order valence-corrected chi connectivity index (χ2v) is 4.52. The second kappa shape index (κ2) is 8.71. The Hall–Kier alpha value is -1.50. The second-order valence-electron chi connectivity index (χ2n) is 4.52. The maximum Gasteiger partial charge on any atom is 0.227 e. The Morgan fingerprint density at radius 2 is 2.14 bits per heavy atom. The number of halogens is 1. The van der Waals surface area contributed by atoms with Crippen LogP contribution in [0.1, 0.15) is 6.42 Å². The Balaban J connectivity index is 0.00000220. The van der Waals surface area contributed by atoms with Gasteiger partial charge in [0.25, 0.3) is 0 Å². The van der Waals surface area contributed by atoms with E-state index in [1.54, 1.807) is 32.4 Å². The Morgan fingerprint density at radius 1 is 1.38 bits per heavy atom. The summed E-state index contributed by atoms with van der Waals surface area (Å²) in [7, 11) is 3.13. The molecule has 7 heteroatoms. The quantitative estimate of drug-likeness (QED) is 0.860. The number of amides is 1. The Bertz CT molecular complexity index is 464. The summed E-state index contributed by atoms with van der Waals surface area (Å²) in [6, 6.07) is 5.27. The number of hydrogen-bond acceptors (Lipinski definition) is 5. The fraction of sp³-hybridized carbons (Fsp3) is 0.500. The van der Waals surface area contributed by atoms with E-state index in [-0.39, 0.29) is 24.4 Å². The van der Waals surface area contributed by atoms with E-state index in [0.29, 0.717) is 36.8 Å². The van der Waals surface area contributed by atoms with Gasteiger partial charge in [-0.15, -0.1) is 12.4 Å². The average molecular weight is 317 g/mol. The van der Waals surface area contributed by atoms with E-state index in [1.165, 1.54) is 0 Å². The molecule has 6 nitrogen and oxygen atoms in total. The average Bonchev–Trinajstić information content (AvgIpc) is 2.48. The van der Waals surface area contributed by atoms with Gasteiger partial charge in [0.15, 0.2) is 11.5 Å². The number of benzene rings is 1. The fourth-order valence-corrected chi connectivity index (χ4v) is 2.08. The lowest BCUT2D eigenvalue weighted by Gasteiger charge is -2.23. The maximum absolute atomic E-state index is 11.9. The summed E-state index contributed by atoms with van der Waals surface area (Å²) >= 11 is 0. The standard InChI is InChI=1S/C14H20N2O4.ClH/c1-18-12-4-3-10(7-13(12)19-2)16-14(17)8-11-9-15-5-6-20-11;/h3-4,7,11,15H,5-6,8-9H2,1-2H3,(H,16,17);1H. The van der Waals surface area contributed by atoms with E-state index in [2.05, 4.69) is 10.6 Å². The number of carbonyl (C=O) groups excluding carboxylic acids is 1. The van der Waals surface area contributed by atoms with E-state index in [1.807, 2.05) is 0 Å². The topological polar surface area (TPSA) is 68.8 Å². The van der Waals surface area contributed by atoms with Gasteiger partial charge in [0.1, 0.15) is 0 Å². The molecule has 1 atom stereocenters. The zero-order chi connectivity index (χ0) is 14.4. The molecule has 2 rings (SSSR count). The molecule has 0 saturated carbocycles. The number of hydrogen-bond donors (Lipinski definition) is 2. The number of anilines is 1. The minimum atomic E-state index is -0.0779. The Morgan fingerprint density at radius 3 is 2.76 bits per heavy atom. The monoisotopic (exact) mass is 316 g/mol. The highest BCUT2D eigenvalue weighted by Gasteiger charge is 2.17. The van der Waals surface area contributed by atoms with Crippen LogP contribution in [0.5, 0.6) is 11.5 Å². The first-order valence-electron chi connectivity index (χ1n) is 6.57. The van der Waals surface area contributed by atoms with Crippen molar-refractivity contribution in [2.45, 2.75) is 12.5 Å². The number of methoxy groups -OCH3 is 2. The molecule has 1 amide bonds. The SMILES string of the molecule is COc1ccc(NC(=O)CC2CNCCO2)cc1OC.Cl. The lowest BCUT2D eigenvalue weighted by Crippen LogP contribution is -2.40. The smallest absolute Gasteiger partial charge is 0.227 e. The zero-order valence-electron chi connectivity index (χ0n) is 12.2. The van der Waals surface area contributed by atoms with E-state index >= 15 is 0 Å². The zero-order valence-corrected chi connectivity index (χ0v) is 13.0. The van der Waals surface area contributed by atoms with E-state index in [0.717, 1.165) is 6.54 Å². The van der Waals surface area contributed by atoms with Crippen LogP contribution in [0.2, 0.25) is 0 Å². The van der Waals surface area contributed by atoms with Crippen LogP contribution in [-0.4, -0.2) is 45.9 Å². The summed E-state index contributed by atoms with van der Waals surface area (Å²) in [5.74, 6) is 1.14. The van der Waals surface area contributed by atoms with Crippen LogP contribution < -0.4 is 20.1 Å². The molecule has 2 N–H and O–H groups in total. The first-order valence-corrected chi connectivity index (χ1v) is 6.57. The van der Waals surface area contributed by atoms with Crippen molar-refractivity contribution in [1.82, 2.24) is 5.32 Å². The molecule has 0 aliphatic carbocycles. The molecule has 1 aliphatic heterocycles. The van der Waals surface area contributed by atoms with Crippen molar-refractivity contribution < 1.29 is 19.0 Å². The third-order valence-corrected chi connectivity index (χ3v) is 3.08. The van der Waals surface area contributed by atoms with Crippen molar-refractivity contribution in [3.8, 4) is 11.5 Å².